The third kappa shape index (κ3) is 3.83. The molecule has 0 radical (unpaired) electrons. The van der Waals surface area contributed by atoms with E-state index in [2.05, 4.69) is 88.5 Å². The number of aromatic nitrogens is 1. The maximum Gasteiger partial charge on any atom is 0.101 e. The lowest BCUT2D eigenvalue weighted by Gasteiger charge is -2.52. The van der Waals surface area contributed by atoms with Gasteiger partial charge in [0.25, 0.3) is 0 Å². The third-order valence-electron chi connectivity index (χ3n) is 7.54. The van der Waals surface area contributed by atoms with Crippen molar-refractivity contribution < 1.29 is 0 Å². The summed E-state index contributed by atoms with van der Waals surface area (Å²) in [5.74, 6) is 0. The fourth-order valence-corrected chi connectivity index (χ4v) is 7.58. The number of hydrogen-bond acceptors (Lipinski definition) is 4. The topological polar surface area (TPSA) is 39.9 Å². The van der Waals surface area contributed by atoms with Crippen molar-refractivity contribution in [3.05, 3.63) is 107 Å². The molecule has 2 heterocycles. The van der Waals surface area contributed by atoms with E-state index in [0.29, 0.717) is 28.1 Å². The molecule has 1 aromatic heterocycles. The molecule has 0 aromatic carbocycles. The molecule has 170 valence electrons. The van der Waals surface area contributed by atoms with E-state index in [1.54, 1.807) is 12.4 Å². The zero-order valence-electron chi connectivity index (χ0n) is 19.3. The average molecular weight is 464 g/mol. The maximum atomic E-state index is 9.62. The van der Waals surface area contributed by atoms with Gasteiger partial charge in [0.1, 0.15) is 6.07 Å². The second-order valence-corrected chi connectivity index (χ2v) is 10.9. The molecule has 4 heteroatoms. The first-order chi connectivity index (χ1) is 16.8. The summed E-state index contributed by atoms with van der Waals surface area (Å²) >= 11 is 2.14. The normalized spacial score (nSPS) is 29.8. The zero-order valence-corrected chi connectivity index (χ0v) is 20.1. The van der Waals surface area contributed by atoms with Crippen molar-refractivity contribution in [2.45, 2.75) is 61.1 Å². The van der Waals surface area contributed by atoms with E-state index >= 15 is 0 Å². The average Bonchev–Trinajstić information content (AvgIpc) is 2.92. The molecule has 5 aliphatic rings. The Morgan fingerprint density at radius 2 is 1.97 bits per heavy atom. The summed E-state index contributed by atoms with van der Waals surface area (Å²) in [5, 5.41) is 10.7. The van der Waals surface area contributed by atoms with Crippen LogP contribution in [0, 0.1) is 11.3 Å². The summed E-state index contributed by atoms with van der Waals surface area (Å²) in [5.41, 5.74) is 7.11. The molecule has 1 fully saturated rings. The van der Waals surface area contributed by atoms with Crippen LogP contribution in [0.1, 0.15) is 49.7 Å². The molecule has 0 amide bonds. The van der Waals surface area contributed by atoms with Gasteiger partial charge in [-0.3, -0.25) is 4.98 Å². The Hall–Kier alpha value is -3.03. The van der Waals surface area contributed by atoms with Crippen LogP contribution in [-0.2, 0) is 0 Å². The van der Waals surface area contributed by atoms with Crippen molar-refractivity contribution >= 4 is 17.3 Å². The van der Waals surface area contributed by atoms with E-state index in [1.165, 1.54) is 35.3 Å². The van der Waals surface area contributed by atoms with Crippen molar-refractivity contribution in [2.24, 2.45) is 0 Å². The molecule has 34 heavy (non-hydrogen) atoms. The van der Waals surface area contributed by atoms with Gasteiger partial charge >= 0.3 is 0 Å². The van der Waals surface area contributed by atoms with Gasteiger partial charge in [0.2, 0.25) is 0 Å². The van der Waals surface area contributed by atoms with E-state index in [4.69, 9.17) is 0 Å². The summed E-state index contributed by atoms with van der Waals surface area (Å²) in [4.78, 5) is 6.95. The van der Waals surface area contributed by atoms with Gasteiger partial charge < -0.3 is 4.90 Å². The SMILES string of the molecule is N#Cc1cnccc1C1=CC(C2=C(N3C4C=CC=CC4SC4C=CCCC43)CCC=C2)=CCC1. The van der Waals surface area contributed by atoms with Crippen molar-refractivity contribution in [1.29, 1.82) is 5.26 Å². The minimum absolute atomic E-state index is 0.414. The summed E-state index contributed by atoms with van der Waals surface area (Å²) in [7, 11) is 0. The first-order valence-corrected chi connectivity index (χ1v) is 13.4. The Labute approximate surface area is 206 Å². The fraction of sp³-hybridized carbons (Fsp3) is 0.333. The predicted molar refractivity (Wildman–Crippen MR) is 141 cm³/mol. The Balaban J connectivity index is 1.44. The Bertz CT molecular complexity index is 1240. The fourth-order valence-electron chi connectivity index (χ4n) is 6.01. The Morgan fingerprint density at radius 1 is 1.03 bits per heavy atom. The number of nitriles is 1. The largest absolute Gasteiger partial charge is 0.362 e. The van der Waals surface area contributed by atoms with Crippen LogP contribution in [-0.4, -0.2) is 32.5 Å². The van der Waals surface area contributed by atoms with Crippen LogP contribution in [0.2, 0.25) is 0 Å². The lowest BCUT2D eigenvalue weighted by atomic mass is 9.85. The van der Waals surface area contributed by atoms with Crippen molar-refractivity contribution in [3.63, 3.8) is 0 Å². The van der Waals surface area contributed by atoms with Crippen LogP contribution in [0.4, 0.5) is 0 Å². The van der Waals surface area contributed by atoms with Crippen LogP contribution in [0.5, 0.6) is 0 Å². The molecule has 4 unspecified atom stereocenters. The highest BCUT2D eigenvalue weighted by Gasteiger charge is 2.43. The lowest BCUT2D eigenvalue weighted by Crippen LogP contribution is -2.56. The summed E-state index contributed by atoms with van der Waals surface area (Å²) in [6.45, 7) is 0. The lowest BCUT2D eigenvalue weighted by molar-refractivity contribution is 0.187. The van der Waals surface area contributed by atoms with Crippen molar-refractivity contribution in [3.8, 4) is 6.07 Å². The zero-order chi connectivity index (χ0) is 22.9. The second-order valence-electron chi connectivity index (χ2n) is 9.51. The number of pyridine rings is 1. The van der Waals surface area contributed by atoms with Gasteiger partial charge in [-0.1, -0.05) is 60.8 Å². The van der Waals surface area contributed by atoms with Crippen LogP contribution < -0.4 is 0 Å². The Morgan fingerprint density at radius 3 is 2.91 bits per heavy atom. The molecule has 0 bridgehead atoms. The quantitative estimate of drug-likeness (QED) is 0.470. The minimum Gasteiger partial charge on any atom is -0.362 e. The molecule has 4 atom stereocenters. The summed E-state index contributed by atoms with van der Waals surface area (Å²) < 4.78 is 0. The smallest absolute Gasteiger partial charge is 0.101 e. The number of hydrogen-bond donors (Lipinski definition) is 0. The van der Waals surface area contributed by atoms with Gasteiger partial charge in [0.15, 0.2) is 0 Å². The number of allylic oxidation sites excluding steroid dienone is 11. The van der Waals surface area contributed by atoms with Gasteiger partial charge in [0.05, 0.1) is 11.6 Å². The highest BCUT2D eigenvalue weighted by molar-refractivity contribution is 8.01. The van der Waals surface area contributed by atoms with Gasteiger partial charge in [-0.05, 0) is 61.3 Å². The molecule has 4 aliphatic carbocycles. The Kier molecular flexibility index (Phi) is 5.89. The summed E-state index contributed by atoms with van der Waals surface area (Å²) in [6.07, 6.45) is 33.5. The molecule has 3 nitrogen and oxygen atoms in total. The molecule has 0 N–H and O–H groups in total. The number of rotatable bonds is 3. The van der Waals surface area contributed by atoms with Gasteiger partial charge in [-0.25, -0.2) is 0 Å². The van der Waals surface area contributed by atoms with Crippen LogP contribution >= 0.6 is 11.8 Å². The highest BCUT2D eigenvalue weighted by atomic mass is 32.2. The molecular weight excluding hydrogens is 434 g/mol. The monoisotopic (exact) mass is 463 g/mol. The van der Waals surface area contributed by atoms with Crippen molar-refractivity contribution in [2.75, 3.05) is 0 Å². The third-order valence-corrected chi connectivity index (χ3v) is 9.08. The van der Waals surface area contributed by atoms with Gasteiger partial charge in [0, 0.05) is 40.2 Å². The van der Waals surface area contributed by atoms with Gasteiger partial charge in [-0.15, -0.1) is 11.8 Å². The molecule has 6 rings (SSSR count). The first-order valence-electron chi connectivity index (χ1n) is 12.4. The molecular formula is C30H29N3S. The van der Waals surface area contributed by atoms with Crippen LogP contribution in [0.15, 0.2) is 96.1 Å². The van der Waals surface area contributed by atoms with E-state index in [-0.39, 0.29) is 0 Å². The predicted octanol–water partition coefficient (Wildman–Crippen LogP) is 6.66. The highest BCUT2D eigenvalue weighted by Crippen LogP contribution is 2.46. The van der Waals surface area contributed by atoms with Gasteiger partial charge in [-0.2, -0.15) is 5.26 Å². The first kappa shape index (κ1) is 21.5. The standard InChI is InChI=1S/C30H29N3S/c31-19-23-20-32-17-16-24(23)21-8-7-9-22(18-21)25-10-1-2-11-26(25)33-27-12-3-5-14-29(27)34-30-15-6-4-13-28(30)33/h1,3,5-6,9-10,12,14-18,20,27-30H,2,4,7-8,11,13H2. The van der Waals surface area contributed by atoms with E-state index in [9.17, 15) is 5.26 Å². The van der Waals surface area contributed by atoms with Crippen LogP contribution in [0.25, 0.3) is 5.57 Å². The minimum atomic E-state index is 0.414. The number of thioether (sulfide) groups is 1. The molecule has 0 saturated carbocycles. The van der Waals surface area contributed by atoms with E-state index in [0.717, 1.165) is 31.2 Å². The molecule has 1 saturated heterocycles. The maximum absolute atomic E-state index is 9.62. The van der Waals surface area contributed by atoms with E-state index in [1.807, 2.05) is 6.07 Å². The summed E-state index contributed by atoms with van der Waals surface area (Å²) in [6, 6.07) is 5.28. The van der Waals surface area contributed by atoms with Crippen LogP contribution in [0.3, 0.4) is 0 Å². The molecule has 1 aromatic rings. The second kappa shape index (κ2) is 9.31. The van der Waals surface area contributed by atoms with E-state index < -0.39 is 0 Å². The molecule has 0 spiro atoms. The van der Waals surface area contributed by atoms with Crippen molar-refractivity contribution in [1.82, 2.24) is 9.88 Å². The molecule has 1 aliphatic heterocycles. The number of fused-ring (bicyclic) bond motifs is 2. The number of nitrogens with zero attached hydrogens (tertiary/aromatic N) is 3.